The highest BCUT2D eigenvalue weighted by atomic mass is 32.2. The minimum atomic E-state index is -0.171. The lowest BCUT2D eigenvalue weighted by molar-refractivity contribution is -0.122. The molecule has 1 N–H and O–H groups in total. The third-order valence-corrected chi connectivity index (χ3v) is 9.12. The summed E-state index contributed by atoms with van der Waals surface area (Å²) in [5.74, 6) is 1.04. The maximum atomic E-state index is 12.9. The van der Waals surface area contributed by atoms with Gasteiger partial charge in [0.2, 0.25) is 17.7 Å². The molecule has 2 heterocycles. The Kier molecular flexibility index (Phi) is 7.66. The Labute approximate surface area is 223 Å². The van der Waals surface area contributed by atoms with Gasteiger partial charge in [0.15, 0.2) is 15.8 Å². The molecule has 3 aromatic rings. The molecule has 1 saturated heterocycles. The number of rotatable bonds is 9. The number of thioether (sulfide) groups is 1. The van der Waals surface area contributed by atoms with Crippen LogP contribution in [0.4, 0.5) is 5.69 Å². The third-order valence-electron chi connectivity index (χ3n) is 6.96. The molecule has 3 amide bonds. The molecule has 1 aliphatic carbocycles. The quantitative estimate of drug-likeness (QED) is 0.317. The molecule has 1 aromatic heterocycles. The van der Waals surface area contributed by atoms with Crippen LogP contribution in [-0.4, -0.2) is 49.2 Å². The lowest BCUT2D eigenvalue weighted by Gasteiger charge is -2.19. The van der Waals surface area contributed by atoms with Crippen molar-refractivity contribution >= 4 is 56.7 Å². The van der Waals surface area contributed by atoms with E-state index in [0.717, 1.165) is 45.8 Å². The number of fused-ring (bicyclic) bond motifs is 2. The standard InChI is InChI=1S/C27H29N3O5S2/c1-34-21-10-7-16(13-22(21)35-2)11-12-28-24(31)15-36-27-29-20-9-8-17(14-23(20)37-27)30-25(32)18-5-3-4-6-19(18)26(30)33/h7-10,13-14,18-19H,3-6,11-12,15H2,1-2H3,(H,28,31)/t18-,19-/m1/s1. The van der Waals surface area contributed by atoms with Crippen molar-refractivity contribution in [1.29, 1.82) is 0 Å². The Morgan fingerprint density at radius 1 is 1.05 bits per heavy atom. The first kappa shape index (κ1) is 25.5. The highest BCUT2D eigenvalue weighted by molar-refractivity contribution is 8.01. The summed E-state index contributed by atoms with van der Waals surface area (Å²) >= 11 is 2.84. The Bertz CT molecular complexity index is 1320. The van der Waals surface area contributed by atoms with Gasteiger partial charge in [-0.05, 0) is 55.2 Å². The van der Waals surface area contributed by atoms with Gasteiger partial charge in [-0.15, -0.1) is 11.3 Å². The number of hydrogen-bond acceptors (Lipinski definition) is 8. The molecule has 2 aliphatic rings. The van der Waals surface area contributed by atoms with Crippen LogP contribution in [0.3, 0.4) is 0 Å². The first-order valence-electron chi connectivity index (χ1n) is 12.4. The largest absolute Gasteiger partial charge is 0.493 e. The highest BCUT2D eigenvalue weighted by Crippen LogP contribution is 2.41. The number of nitrogens with one attached hydrogen (secondary N) is 1. The van der Waals surface area contributed by atoms with Gasteiger partial charge in [-0.2, -0.15) is 0 Å². The van der Waals surface area contributed by atoms with Gasteiger partial charge in [0.05, 0.1) is 47.7 Å². The predicted molar refractivity (Wildman–Crippen MR) is 145 cm³/mol. The second-order valence-corrected chi connectivity index (χ2v) is 11.5. The molecule has 0 radical (unpaired) electrons. The smallest absolute Gasteiger partial charge is 0.237 e. The number of thiazole rings is 1. The van der Waals surface area contributed by atoms with Crippen LogP contribution in [0.2, 0.25) is 0 Å². The summed E-state index contributed by atoms with van der Waals surface area (Å²) in [4.78, 5) is 44.3. The molecule has 0 bridgehead atoms. The number of anilines is 1. The zero-order valence-corrected chi connectivity index (χ0v) is 22.5. The van der Waals surface area contributed by atoms with Gasteiger partial charge in [0.1, 0.15) is 0 Å². The minimum absolute atomic E-state index is 0.0683. The van der Waals surface area contributed by atoms with Crippen molar-refractivity contribution in [1.82, 2.24) is 10.3 Å². The van der Waals surface area contributed by atoms with Gasteiger partial charge in [0, 0.05) is 6.54 Å². The fourth-order valence-corrected chi connectivity index (χ4v) is 7.00. The number of benzene rings is 2. The summed E-state index contributed by atoms with van der Waals surface area (Å²) in [6, 6.07) is 11.2. The Morgan fingerprint density at radius 3 is 2.49 bits per heavy atom. The summed E-state index contributed by atoms with van der Waals surface area (Å²) in [6.45, 7) is 0.512. The normalized spacial score (nSPS) is 19.2. The Hall–Kier alpha value is -3.11. The average molecular weight is 540 g/mol. The van der Waals surface area contributed by atoms with E-state index in [1.165, 1.54) is 28.0 Å². The maximum absolute atomic E-state index is 12.9. The Morgan fingerprint density at radius 2 is 1.78 bits per heavy atom. The minimum Gasteiger partial charge on any atom is -0.493 e. The van der Waals surface area contributed by atoms with E-state index in [-0.39, 0.29) is 35.3 Å². The lowest BCUT2D eigenvalue weighted by atomic mass is 9.81. The summed E-state index contributed by atoms with van der Waals surface area (Å²) in [5, 5.41) is 2.94. The molecule has 0 unspecified atom stereocenters. The molecule has 194 valence electrons. The molecule has 10 heteroatoms. The van der Waals surface area contributed by atoms with Crippen LogP contribution in [-0.2, 0) is 20.8 Å². The van der Waals surface area contributed by atoms with Crippen molar-refractivity contribution in [3.05, 3.63) is 42.0 Å². The molecule has 2 fully saturated rings. The summed E-state index contributed by atoms with van der Waals surface area (Å²) in [6.07, 6.45) is 4.28. The number of methoxy groups -OCH3 is 2. The maximum Gasteiger partial charge on any atom is 0.237 e. The van der Waals surface area contributed by atoms with Gasteiger partial charge < -0.3 is 14.8 Å². The number of aromatic nitrogens is 1. The van der Waals surface area contributed by atoms with E-state index in [1.54, 1.807) is 20.3 Å². The Balaban J connectivity index is 1.16. The van der Waals surface area contributed by atoms with E-state index in [1.807, 2.05) is 30.3 Å². The number of hydrogen-bond donors (Lipinski definition) is 1. The molecule has 5 rings (SSSR count). The number of carbonyl (C=O) groups is 3. The number of amides is 3. The van der Waals surface area contributed by atoms with E-state index in [4.69, 9.17) is 9.47 Å². The van der Waals surface area contributed by atoms with Crippen LogP contribution in [0.25, 0.3) is 10.2 Å². The summed E-state index contributed by atoms with van der Waals surface area (Å²) < 4.78 is 12.3. The number of imide groups is 1. The van der Waals surface area contributed by atoms with Crippen molar-refractivity contribution in [3.8, 4) is 11.5 Å². The molecule has 1 saturated carbocycles. The molecule has 8 nitrogen and oxygen atoms in total. The van der Waals surface area contributed by atoms with Crippen molar-refractivity contribution in [2.24, 2.45) is 11.8 Å². The molecular formula is C27H29N3O5S2. The van der Waals surface area contributed by atoms with E-state index in [2.05, 4.69) is 10.3 Å². The second kappa shape index (κ2) is 11.1. The number of nitrogens with zero attached hydrogens (tertiary/aromatic N) is 2. The van der Waals surface area contributed by atoms with Crippen LogP contribution in [0.1, 0.15) is 31.2 Å². The topological polar surface area (TPSA) is 97.8 Å². The molecule has 1 aliphatic heterocycles. The fraction of sp³-hybridized carbons (Fsp3) is 0.407. The van der Waals surface area contributed by atoms with Crippen LogP contribution in [0.5, 0.6) is 11.5 Å². The monoisotopic (exact) mass is 539 g/mol. The zero-order valence-electron chi connectivity index (χ0n) is 20.8. The zero-order chi connectivity index (χ0) is 25.9. The molecule has 2 atom stereocenters. The van der Waals surface area contributed by atoms with Crippen LogP contribution >= 0.6 is 23.1 Å². The van der Waals surface area contributed by atoms with Crippen molar-refractivity contribution in [2.45, 2.75) is 36.4 Å². The predicted octanol–water partition coefficient (Wildman–Crippen LogP) is 4.44. The van der Waals surface area contributed by atoms with Crippen LogP contribution in [0.15, 0.2) is 40.7 Å². The van der Waals surface area contributed by atoms with Crippen molar-refractivity contribution < 1.29 is 23.9 Å². The number of ether oxygens (including phenoxy) is 2. The van der Waals surface area contributed by atoms with Gasteiger partial charge in [-0.25, -0.2) is 4.98 Å². The SMILES string of the molecule is COc1ccc(CCNC(=O)CSc2nc3ccc(N4C(=O)[C@@H]5CCCC[C@H]5C4=O)cc3s2)cc1OC. The van der Waals surface area contributed by atoms with Crippen molar-refractivity contribution in [3.63, 3.8) is 0 Å². The van der Waals surface area contributed by atoms with Crippen LogP contribution in [0, 0.1) is 11.8 Å². The van der Waals surface area contributed by atoms with E-state index in [9.17, 15) is 14.4 Å². The van der Waals surface area contributed by atoms with E-state index >= 15 is 0 Å². The van der Waals surface area contributed by atoms with E-state index < -0.39 is 0 Å². The van der Waals surface area contributed by atoms with E-state index in [0.29, 0.717) is 30.2 Å². The molecular weight excluding hydrogens is 510 g/mol. The highest BCUT2D eigenvalue weighted by Gasteiger charge is 2.48. The summed E-state index contributed by atoms with van der Waals surface area (Å²) in [7, 11) is 3.20. The molecule has 0 spiro atoms. The van der Waals surface area contributed by atoms with Crippen LogP contribution < -0.4 is 19.7 Å². The fourth-order valence-electron chi connectivity index (χ4n) is 5.07. The third kappa shape index (κ3) is 5.31. The summed E-state index contributed by atoms with van der Waals surface area (Å²) in [5.41, 5.74) is 2.45. The molecule has 37 heavy (non-hydrogen) atoms. The first-order chi connectivity index (χ1) is 18.0. The van der Waals surface area contributed by atoms with Gasteiger partial charge in [-0.1, -0.05) is 30.7 Å². The van der Waals surface area contributed by atoms with Gasteiger partial charge in [0.25, 0.3) is 0 Å². The lowest BCUT2D eigenvalue weighted by Crippen LogP contribution is -2.30. The van der Waals surface area contributed by atoms with Gasteiger partial charge >= 0.3 is 0 Å². The second-order valence-electron chi connectivity index (χ2n) is 9.22. The number of carbonyl (C=O) groups excluding carboxylic acids is 3. The molecule has 2 aromatic carbocycles. The first-order valence-corrected chi connectivity index (χ1v) is 14.2. The van der Waals surface area contributed by atoms with Gasteiger partial charge in [-0.3, -0.25) is 19.3 Å². The van der Waals surface area contributed by atoms with Crippen molar-refractivity contribution in [2.75, 3.05) is 31.4 Å². The average Bonchev–Trinajstić information content (AvgIpc) is 3.44.